The average molecular weight is 274 g/mol. The van der Waals surface area contributed by atoms with Crippen LogP contribution in [0.4, 0.5) is 0 Å². The van der Waals surface area contributed by atoms with E-state index in [1.54, 1.807) is 14.0 Å². The minimum absolute atomic E-state index is 0.289. The Morgan fingerprint density at radius 3 is 2.80 bits per heavy atom. The number of rotatable bonds is 5. The van der Waals surface area contributed by atoms with Crippen molar-refractivity contribution in [1.82, 2.24) is 10.3 Å². The number of methoxy groups -OCH3 is 2. The number of ether oxygens (including phenoxy) is 2. The molecule has 0 amide bonds. The largest absolute Gasteiger partial charge is 0.494 e. The first-order chi connectivity index (χ1) is 9.65. The van der Waals surface area contributed by atoms with Gasteiger partial charge in [0.25, 0.3) is 0 Å². The molecule has 0 unspecified atom stereocenters. The van der Waals surface area contributed by atoms with Gasteiger partial charge in [-0.05, 0) is 19.1 Å². The molecule has 0 fully saturated rings. The zero-order chi connectivity index (χ0) is 14.5. The third-order valence-electron chi connectivity index (χ3n) is 3.10. The maximum Gasteiger partial charge on any atom is 0.322 e. The fourth-order valence-electron chi connectivity index (χ4n) is 1.94. The van der Waals surface area contributed by atoms with Crippen LogP contribution in [0.3, 0.4) is 0 Å². The fraction of sp³-hybridized carbons (Fsp3) is 0.333. The molecule has 5 nitrogen and oxygen atoms in total. The molecule has 1 heterocycles. The van der Waals surface area contributed by atoms with E-state index in [0.29, 0.717) is 6.54 Å². The molecule has 106 valence electrons. The zero-order valence-corrected chi connectivity index (χ0v) is 11.8. The minimum atomic E-state index is -0.366. The second-order valence-electron chi connectivity index (χ2n) is 4.46. The third kappa shape index (κ3) is 3.05. The number of pyridine rings is 1. The number of esters is 1. The van der Waals surface area contributed by atoms with Gasteiger partial charge in [0.1, 0.15) is 17.3 Å². The smallest absolute Gasteiger partial charge is 0.322 e. The highest BCUT2D eigenvalue weighted by molar-refractivity contribution is 5.84. The van der Waals surface area contributed by atoms with E-state index in [2.05, 4.69) is 15.0 Å². The molecule has 0 radical (unpaired) electrons. The Bertz CT molecular complexity index is 613. The minimum Gasteiger partial charge on any atom is -0.494 e. The van der Waals surface area contributed by atoms with Crippen LogP contribution in [0.1, 0.15) is 12.6 Å². The van der Waals surface area contributed by atoms with Crippen molar-refractivity contribution in [2.75, 3.05) is 14.2 Å². The van der Waals surface area contributed by atoms with Crippen LogP contribution in [-0.2, 0) is 16.1 Å². The monoisotopic (exact) mass is 274 g/mol. The van der Waals surface area contributed by atoms with Crippen LogP contribution in [0.15, 0.2) is 30.3 Å². The number of carbonyl (C=O) groups excluding carboxylic acids is 1. The van der Waals surface area contributed by atoms with Gasteiger partial charge < -0.3 is 9.47 Å². The maximum atomic E-state index is 11.3. The zero-order valence-electron chi connectivity index (χ0n) is 11.8. The first kappa shape index (κ1) is 14.3. The van der Waals surface area contributed by atoms with Gasteiger partial charge in [-0.2, -0.15) is 0 Å². The molecule has 0 aliphatic heterocycles. The van der Waals surface area contributed by atoms with Gasteiger partial charge in [-0.15, -0.1) is 0 Å². The molecule has 5 heteroatoms. The molecule has 2 rings (SSSR count). The number of hydrogen-bond donors (Lipinski definition) is 1. The number of hydrogen-bond acceptors (Lipinski definition) is 5. The summed E-state index contributed by atoms with van der Waals surface area (Å²) in [6.45, 7) is 2.25. The summed E-state index contributed by atoms with van der Waals surface area (Å²) in [5, 5.41) is 4.10. The van der Waals surface area contributed by atoms with E-state index in [9.17, 15) is 4.79 Å². The molecule has 1 aromatic carbocycles. The number of carbonyl (C=O) groups is 1. The molecule has 1 aromatic heterocycles. The molecule has 2 aromatic rings. The second-order valence-corrected chi connectivity index (χ2v) is 4.46. The molecule has 0 saturated heterocycles. The van der Waals surface area contributed by atoms with Gasteiger partial charge in [0.2, 0.25) is 0 Å². The number of nitrogens with zero attached hydrogens (tertiary/aromatic N) is 1. The van der Waals surface area contributed by atoms with Crippen LogP contribution in [0.2, 0.25) is 0 Å². The van der Waals surface area contributed by atoms with Crippen molar-refractivity contribution in [3.8, 4) is 5.75 Å². The summed E-state index contributed by atoms with van der Waals surface area (Å²) in [6, 6.07) is 9.35. The fourth-order valence-corrected chi connectivity index (χ4v) is 1.94. The molecular weight excluding hydrogens is 256 g/mol. The number of aromatic nitrogens is 1. The molecule has 20 heavy (non-hydrogen) atoms. The second kappa shape index (κ2) is 6.34. The average Bonchev–Trinajstić information content (AvgIpc) is 2.50. The highest BCUT2D eigenvalue weighted by Crippen LogP contribution is 2.23. The maximum absolute atomic E-state index is 11.3. The summed E-state index contributed by atoms with van der Waals surface area (Å²) in [5.74, 6) is 0.453. The van der Waals surface area contributed by atoms with Gasteiger partial charge >= 0.3 is 5.97 Å². The lowest BCUT2D eigenvalue weighted by molar-refractivity contribution is -0.142. The third-order valence-corrected chi connectivity index (χ3v) is 3.10. The van der Waals surface area contributed by atoms with Crippen LogP contribution >= 0.6 is 0 Å². The molecule has 0 spiro atoms. The summed E-state index contributed by atoms with van der Waals surface area (Å²) in [5.41, 5.74) is 1.66. The van der Waals surface area contributed by atoms with Gasteiger partial charge in [-0.1, -0.05) is 18.2 Å². The van der Waals surface area contributed by atoms with E-state index in [-0.39, 0.29) is 12.0 Å². The summed E-state index contributed by atoms with van der Waals surface area (Å²) in [4.78, 5) is 15.9. The Labute approximate surface area is 117 Å². The molecular formula is C15H18N2O3. The Morgan fingerprint density at radius 1 is 1.30 bits per heavy atom. The SMILES string of the molecule is COC(=O)[C@H](C)NCc1ccc2cccc(OC)c2n1. The van der Waals surface area contributed by atoms with Gasteiger partial charge in [0, 0.05) is 11.9 Å². The number of fused-ring (bicyclic) bond motifs is 1. The van der Waals surface area contributed by atoms with Crippen molar-refractivity contribution in [3.63, 3.8) is 0 Å². The quantitative estimate of drug-likeness (QED) is 0.844. The molecule has 0 aliphatic rings. The van der Waals surface area contributed by atoms with Crippen LogP contribution in [0.25, 0.3) is 10.9 Å². The number of para-hydroxylation sites is 1. The number of nitrogens with one attached hydrogen (secondary N) is 1. The van der Waals surface area contributed by atoms with E-state index in [0.717, 1.165) is 22.3 Å². The highest BCUT2D eigenvalue weighted by Gasteiger charge is 2.12. The lowest BCUT2D eigenvalue weighted by Crippen LogP contribution is -2.34. The molecule has 1 N–H and O–H groups in total. The van der Waals surface area contributed by atoms with Crippen molar-refractivity contribution < 1.29 is 14.3 Å². The van der Waals surface area contributed by atoms with Crippen molar-refractivity contribution in [1.29, 1.82) is 0 Å². The normalized spacial score (nSPS) is 12.2. The lowest BCUT2D eigenvalue weighted by Gasteiger charge is -2.12. The lowest BCUT2D eigenvalue weighted by atomic mass is 10.2. The van der Waals surface area contributed by atoms with Gasteiger partial charge in [0.15, 0.2) is 0 Å². The van der Waals surface area contributed by atoms with Gasteiger partial charge in [0.05, 0.1) is 19.9 Å². The van der Waals surface area contributed by atoms with E-state index >= 15 is 0 Å². The topological polar surface area (TPSA) is 60.5 Å². The van der Waals surface area contributed by atoms with E-state index in [1.165, 1.54) is 7.11 Å². The van der Waals surface area contributed by atoms with Crippen molar-refractivity contribution in [3.05, 3.63) is 36.0 Å². The van der Waals surface area contributed by atoms with Gasteiger partial charge in [-0.25, -0.2) is 4.98 Å². The first-order valence-corrected chi connectivity index (χ1v) is 6.39. The van der Waals surface area contributed by atoms with Crippen LogP contribution in [0, 0.1) is 0 Å². The van der Waals surface area contributed by atoms with Crippen LogP contribution < -0.4 is 10.1 Å². The molecule has 0 aliphatic carbocycles. The predicted octanol–water partition coefficient (Wildman–Crippen LogP) is 1.89. The first-order valence-electron chi connectivity index (χ1n) is 6.39. The van der Waals surface area contributed by atoms with E-state index < -0.39 is 0 Å². The van der Waals surface area contributed by atoms with E-state index in [4.69, 9.17) is 4.74 Å². The number of benzene rings is 1. The van der Waals surface area contributed by atoms with Crippen LogP contribution in [-0.4, -0.2) is 31.2 Å². The standard InChI is InChI=1S/C15H18N2O3/c1-10(15(18)20-3)16-9-12-8-7-11-5-4-6-13(19-2)14(11)17-12/h4-8,10,16H,9H2,1-3H3/t10-/m0/s1. The Kier molecular flexibility index (Phi) is 4.53. The van der Waals surface area contributed by atoms with Crippen molar-refractivity contribution >= 4 is 16.9 Å². The van der Waals surface area contributed by atoms with Crippen molar-refractivity contribution in [2.45, 2.75) is 19.5 Å². The molecule has 0 saturated carbocycles. The Balaban J connectivity index is 2.17. The molecule has 1 atom stereocenters. The van der Waals surface area contributed by atoms with Crippen molar-refractivity contribution in [2.24, 2.45) is 0 Å². The highest BCUT2D eigenvalue weighted by atomic mass is 16.5. The van der Waals surface area contributed by atoms with E-state index in [1.807, 2.05) is 30.3 Å². The Hall–Kier alpha value is -2.14. The summed E-state index contributed by atoms with van der Waals surface area (Å²) >= 11 is 0. The summed E-state index contributed by atoms with van der Waals surface area (Å²) in [6.07, 6.45) is 0. The van der Waals surface area contributed by atoms with Crippen LogP contribution in [0.5, 0.6) is 5.75 Å². The predicted molar refractivity (Wildman–Crippen MR) is 76.6 cm³/mol. The molecule has 0 bridgehead atoms. The summed E-state index contributed by atoms with van der Waals surface area (Å²) in [7, 11) is 3.00. The summed E-state index contributed by atoms with van der Waals surface area (Å²) < 4.78 is 9.97. The van der Waals surface area contributed by atoms with Gasteiger partial charge in [-0.3, -0.25) is 10.1 Å². The Morgan fingerprint density at radius 2 is 2.10 bits per heavy atom.